The van der Waals surface area contributed by atoms with Crippen molar-refractivity contribution in [3.05, 3.63) is 29.3 Å². The highest BCUT2D eigenvalue weighted by atomic mass is 16.5. The lowest BCUT2D eigenvalue weighted by atomic mass is 9.86. The van der Waals surface area contributed by atoms with E-state index >= 15 is 0 Å². The number of carbonyl (C=O) groups is 2. The predicted molar refractivity (Wildman–Crippen MR) is 155 cm³/mol. The van der Waals surface area contributed by atoms with Gasteiger partial charge in [0.15, 0.2) is 0 Å². The molecule has 1 saturated heterocycles. The maximum absolute atomic E-state index is 13.7. The van der Waals surface area contributed by atoms with E-state index in [0.29, 0.717) is 49.5 Å². The summed E-state index contributed by atoms with van der Waals surface area (Å²) < 4.78 is 11.2. The molecule has 1 aliphatic heterocycles. The molecule has 1 saturated carbocycles. The van der Waals surface area contributed by atoms with Crippen LogP contribution in [0.25, 0.3) is 0 Å². The van der Waals surface area contributed by atoms with E-state index in [2.05, 4.69) is 26.1 Å². The molecule has 1 aromatic rings. The topological polar surface area (TPSA) is 71.1 Å². The number of hydrogen-bond donors (Lipinski definition) is 1. The summed E-state index contributed by atoms with van der Waals surface area (Å²) in [6, 6.07) is 5.93. The van der Waals surface area contributed by atoms with Crippen molar-refractivity contribution in [1.82, 2.24) is 15.1 Å². The molecule has 7 heteroatoms. The van der Waals surface area contributed by atoms with Gasteiger partial charge in [0.1, 0.15) is 5.75 Å². The maximum Gasteiger partial charge on any atom is 0.254 e. The zero-order valence-corrected chi connectivity index (χ0v) is 24.5. The summed E-state index contributed by atoms with van der Waals surface area (Å²) in [7, 11) is 3.64. The molecule has 0 aromatic heterocycles. The Kier molecular flexibility index (Phi) is 12.4. The largest absolute Gasteiger partial charge is 0.493 e. The Morgan fingerprint density at radius 1 is 1.08 bits per heavy atom. The normalized spacial score (nSPS) is 20.1. The summed E-state index contributed by atoms with van der Waals surface area (Å²) in [4.78, 5) is 30.6. The molecule has 2 aliphatic rings. The Morgan fingerprint density at radius 3 is 2.45 bits per heavy atom. The summed E-state index contributed by atoms with van der Waals surface area (Å²) in [6.45, 7) is 10.7. The van der Waals surface area contributed by atoms with Gasteiger partial charge in [-0.2, -0.15) is 0 Å². The summed E-state index contributed by atoms with van der Waals surface area (Å²) in [6.07, 6.45) is 8.56. The molecule has 0 spiro atoms. The highest BCUT2D eigenvalue weighted by Crippen LogP contribution is 2.28. The van der Waals surface area contributed by atoms with Crippen molar-refractivity contribution in [2.45, 2.75) is 78.2 Å². The molecule has 3 rings (SSSR count). The van der Waals surface area contributed by atoms with Crippen molar-refractivity contribution in [2.24, 2.45) is 17.8 Å². The maximum atomic E-state index is 13.7. The zero-order valence-electron chi connectivity index (χ0n) is 24.5. The van der Waals surface area contributed by atoms with Crippen molar-refractivity contribution in [3.8, 4) is 5.75 Å². The third-order valence-electron chi connectivity index (χ3n) is 8.36. The predicted octanol–water partition coefficient (Wildman–Crippen LogP) is 5.03. The molecule has 1 N–H and O–H groups in total. The lowest BCUT2D eigenvalue weighted by molar-refractivity contribution is -0.131. The molecule has 7 nitrogen and oxygen atoms in total. The molecule has 0 unspecified atom stereocenters. The van der Waals surface area contributed by atoms with Gasteiger partial charge in [-0.25, -0.2) is 0 Å². The van der Waals surface area contributed by atoms with Crippen molar-refractivity contribution in [1.29, 1.82) is 0 Å². The van der Waals surface area contributed by atoms with Crippen LogP contribution in [0.3, 0.4) is 0 Å². The average molecular weight is 532 g/mol. The number of hydrogen-bond acceptors (Lipinski definition) is 5. The molecule has 1 heterocycles. The fourth-order valence-corrected chi connectivity index (χ4v) is 5.91. The minimum absolute atomic E-state index is 0. The Bertz CT molecular complexity index is 891. The Labute approximate surface area is 232 Å². The van der Waals surface area contributed by atoms with Crippen LogP contribution in [0.2, 0.25) is 0 Å². The molecule has 38 heavy (non-hydrogen) atoms. The second-order valence-electron chi connectivity index (χ2n) is 11.6. The molecule has 1 aromatic carbocycles. The Morgan fingerprint density at radius 2 is 1.79 bits per heavy atom. The Balaban J connectivity index is 0.00000533. The van der Waals surface area contributed by atoms with Crippen LogP contribution in [0.1, 0.15) is 83.1 Å². The number of amides is 2. The van der Waals surface area contributed by atoms with E-state index in [4.69, 9.17) is 9.47 Å². The SMILES string of the molecule is CCc1ccc(C(=O)N(C[C@@H]2CNC[C@H]2CN(C)C(=O)CC2CCCCC2)C(C)C)cc1OCCCOC.[HH]. The first kappa shape index (κ1) is 30.4. The summed E-state index contributed by atoms with van der Waals surface area (Å²) in [5, 5.41) is 3.52. The van der Waals surface area contributed by atoms with Gasteiger partial charge in [-0.05, 0) is 68.6 Å². The van der Waals surface area contributed by atoms with Crippen molar-refractivity contribution in [3.63, 3.8) is 0 Å². The number of rotatable bonds is 14. The van der Waals surface area contributed by atoms with E-state index in [-0.39, 0.29) is 19.3 Å². The first-order valence-corrected chi connectivity index (χ1v) is 14.8. The van der Waals surface area contributed by atoms with Crippen molar-refractivity contribution < 1.29 is 20.5 Å². The van der Waals surface area contributed by atoms with Gasteiger partial charge in [0.25, 0.3) is 5.91 Å². The van der Waals surface area contributed by atoms with E-state index in [0.717, 1.165) is 43.8 Å². The molecule has 0 bridgehead atoms. The number of ether oxygens (including phenoxy) is 2. The molecular formula is C31H53N3O4. The van der Waals surface area contributed by atoms with Gasteiger partial charge in [0, 0.05) is 72.8 Å². The second-order valence-corrected chi connectivity index (χ2v) is 11.6. The molecule has 2 fully saturated rings. The van der Waals surface area contributed by atoms with E-state index < -0.39 is 0 Å². The molecule has 0 radical (unpaired) electrons. The lowest BCUT2D eigenvalue weighted by Gasteiger charge is -2.33. The van der Waals surface area contributed by atoms with Gasteiger partial charge in [-0.15, -0.1) is 0 Å². The van der Waals surface area contributed by atoms with Gasteiger partial charge in [-0.3, -0.25) is 9.59 Å². The van der Waals surface area contributed by atoms with Crippen LogP contribution < -0.4 is 10.1 Å². The van der Waals surface area contributed by atoms with Crippen LogP contribution in [-0.2, 0) is 16.0 Å². The summed E-state index contributed by atoms with van der Waals surface area (Å²) in [5.41, 5.74) is 1.77. The van der Waals surface area contributed by atoms with Crippen LogP contribution in [0, 0.1) is 17.8 Å². The molecule has 216 valence electrons. The number of nitrogens with one attached hydrogen (secondary N) is 1. The third-order valence-corrected chi connectivity index (χ3v) is 8.36. The quantitative estimate of drug-likeness (QED) is 0.341. The van der Waals surface area contributed by atoms with Crippen LogP contribution in [-0.4, -0.2) is 81.2 Å². The fraction of sp³-hybridized carbons (Fsp3) is 0.742. The zero-order chi connectivity index (χ0) is 27.5. The van der Waals surface area contributed by atoms with Crippen LogP contribution in [0.5, 0.6) is 5.75 Å². The number of methoxy groups -OCH3 is 1. The van der Waals surface area contributed by atoms with Crippen molar-refractivity contribution in [2.75, 3.05) is 53.6 Å². The smallest absolute Gasteiger partial charge is 0.254 e. The number of carbonyl (C=O) groups excluding carboxylic acids is 2. The fourth-order valence-electron chi connectivity index (χ4n) is 5.91. The third kappa shape index (κ3) is 8.70. The standard InChI is InChI=1S/C31H51N3O4.H2/c1-6-25-13-14-26(18-29(25)38-16-10-15-37-5)31(36)34(23(2)3)22-28-20-32-19-27(28)21-33(4)30(35)17-24-11-8-7-9-12-24;/h13-14,18,23-24,27-28,32H,6-12,15-17,19-22H2,1-5H3;1H/t27-,28-;/m0./s1. The minimum Gasteiger partial charge on any atom is -0.493 e. The second kappa shape index (κ2) is 15.5. The van der Waals surface area contributed by atoms with E-state index in [1.54, 1.807) is 7.11 Å². The first-order chi connectivity index (χ1) is 18.3. The molecule has 2 amide bonds. The lowest BCUT2D eigenvalue weighted by Crippen LogP contribution is -2.44. The van der Waals surface area contributed by atoms with Gasteiger partial charge in [0.2, 0.25) is 5.91 Å². The van der Waals surface area contributed by atoms with E-state index in [1.165, 1.54) is 32.1 Å². The molecule has 2 atom stereocenters. The minimum atomic E-state index is 0. The number of aryl methyl sites for hydroxylation is 1. The highest BCUT2D eigenvalue weighted by molar-refractivity contribution is 5.95. The Hall–Kier alpha value is -2.12. The number of nitrogens with zero attached hydrogens (tertiary/aromatic N) is 2. The molecular weight excluding hydrogens is 478 g/mol. The average Bonchev–Trinajstić information content (AvgIpc) is 3.36. The van der Waals surface area contributed by atoms with E-state index in [9.17, 15) is 9.59 Å². The van der Waals surface area contributed by atoms with Crippen molar-refractivity contribution >= 4 is 11.8 Å². The monoisotopic (exact) mass is 531 g/mol. The van der Waals surface area contributed by atoms with Gasteiger partial charge in [-0.1, -0.05) is 32.3 Å². The van der Waals surface area contributed by atoms with Gasteiger partial charge in [0.05, 0.1) is 6.61 Å². The summed E-state index contributed by atoms with van der Waals surface area (Å²) >= 11 is 0. The van der Waals surface area contributed by atoms with Crippen LogP contribution >= 0.6 is 0 Å². The molecule has 1 aliphatic carbocycles. The first-order valence-electron chi connectivity index (χ1n) is 14.8. The van der Waals surface area contributed by atoms with Crippen LogP contribution in [0.4, 0.5) is 0 Å². The van der Waals surface area contributed by atoms with Gasteiger partial charge < -0.3 is 24.6 Å². The van der Waals surface area contributed by atoms with Crippen LogP contribution in [0.15, 0.2) is 18.2 Å². The van der Waals surface area contributed by atoms with Gasteiger partial charge >= 0.3 is 0 Å². The number of benzene rings is 1. The summed E-state index contributed by atoms with van der Waals surface area (Å²) in [5.74, 6) is 2.30. The van der Waals surface area contributed by atoms with E-state index in [1.807, 2.05) is 35.0 Å². The highest BCUT2D eigenvalue weighted by Gasteiger charge is 2.33.